The van der Waals surface area contributed by atoms with E-state index in [1.807, 2.05) is 6.20 Å². The van der Waals surface area contributed by atoms with Gasteiger partial charge in [0, 0.05) is 31.6 Å². The number of nitrogens with zero attached hydrogens (tertiary/aromatic N) is 3. The third kappa shape index (κ3) is 2.86. The quantitative estimate of drug-likeness (QED) is 0.810. The molecule has 3 rings (SSSR count). The number of likely N-dealkylation sites (tertiary alicyclic amines) is 1. The summed E-state index contributed by atoms with van der Waals surface area (Å²) in [6.45, 7) is 4.21. The van der Waals surface area contributed by atoms with Gasteiger partial charge in [0.25, 0.3) is 0 Å². The SMILES string of the molecule is COCC1CCCN1CCCn1ncc2ccccc21. The van der Waals surface area contributed by atoms with Crippen molar-refractivity contribution in [1.29, 1.82) is 0 Å². The van der Waals surface area contributed by atoms with Crippen LogP contribution in [0, 0.1) is 0 Å². The second kappa shape index (κ2) is 6.37. The maximum atomic E-state index is 5.31. The molecule has 0 spiro atoms. The maximum Gasteiger partial charge on any atom is 0.0682 e. The average molecular weight is 273 g/mol. The Balaban J connectivity index is 1.55. The van der Waals surface area contributed by atoms with Crippen molar-refractivity contribution in [3.8, 4) is 0 Å². The fourth-order valence-electron chi connectivity index (χ4n) is 3.20. The van der Waals surface area contributed by atoms with Gasteiger partial charge in [-0.2, -0.15) is 5.10 Å². The summed E-state index contributed by atoms with van der Waals surface area (Å²) in [5, 5.41) is 5.72. The predicted molar refractivity (Wildman–Crippen MR) is 80.8 cm³/mol. The van der Waals surface area contributed by atoms with Crippen LogP contribution in [0.2, 0.25) is 0 Å². The lowest BCUT2D eigenvalue weighted by Crippen LogP contribution is -2.34. The van der Waals surface area contributed by atoms with Crippen LogP contribution in [0.4, 0.5) is 0 Å². The number of methoxy groups -OCH3 is 1. The van der Waals surface area contributed by atoms with Crippen LogP contribution < -0.4 is 0 Å². The second-order valence-corrected chi connectivity index (χ2v) is 5.57. The van der Waals surface area contributed by atoms with Crippen molar-refractivity contribution >= 4 is 10.9 Å². The Bertz CT molecular complexity index is 551. The first-order chi connectivity index (χ1) is 9.88. The van der Waals surface area contributed by atoms with Gasteiger partial charge >= 0.3 is 0 Å². The molecule has 1 aromatic carbocycles. The van der Waals surface area contributed by atoms with Crippen molar-refractivity contribution in [2.24, 2.45) is 0 Å². The van der Waals surface area contributed by atoms with Crippen LogP contribution in [-0.2, 0) is 11.3 Å². The number of aryl methyl sites for hydroxylation is 1. The highest BCUT2D eigenvalue weighted by Gasteiger charge is 2.23. The molecule has 1 atom stereocenters. The number of aromatic nitrogens is 2. The molecule has 0 bridgehead atoms. The van der Waals surface area contributed by atoms with Crippen molar-refractivity contribution < 1.29 is 4.74 Å². The standard InChI is InChI=1S/C16H23N3O/c1-20-13-15-7-4-9-18(15)10-5-11-19-16-8-3-2-6-14(16)12-17-19/h2-3,6,8,12,15H,4-5,7,9-11,13H2,1H3. The van der Waals surface area contributed by atoms with Crippen molar-refractivity contribution in [1.82, 2.24) is 14.7 Å². The van der Waals surface area contributed by atoms with E-state index in [9.17, 15) is 0 Å². The third-order valence-electron chi connectivity index (χ3n) is 4.22. The van der Waals surface area contributed by atoms with Crippen LogP contribution in [0.1, 0.15) is 19.3 Å². The van der Waals surface area contributed by atoms with Crippen LogP contribution >= 0.6 is 0 Å². The Labute approximate surface area is 120 Å². The largest absolute Gasteiger partial charge is 0.383 e. The lowest BCUT2D eigenvalue weighted by atomic mass is 10.2. The summed E-state index contributed by atoms with van der Waals surface area (Å²) in [6.07, 6.45) is 5.68. The highest BCUT2D eigenvalue weighted by atomic mass is 16.5. The zero-order valence-corrected chi connectivity index (χ0v) is 12.2. The Morgan fingerprint density at radius 2 is 2.20 bits per heavy atom. The van der Waals surface area contributed by atoms with E-state index in [1.54, 1.807) is 7.11 Å². The summed E-state index contributed by atoms with van der Waals surface area (Å²) < 4.78 is 7.43. The summed E-state index contributed by atoms with van der Waals surface area (Å²) in [7, 11) is 1.80. The molecule has 0 aliphatic carbocycles. The molecule has 2 heterocycles. The van der Waals surface area contributed by atoms with Gasteiger partial charge in [0.15, 0.2) is 0 Å². The molecular formula is C16H23N3O. The predicted octanol–water partition coefficient (Wildman–Crippen LogP) is 2.54. The highest BCUT2D eigenvalue weighted by Crippen LogP contribution is 2.18. The first-order valence-electron chi connectivity index (χ1n) is 7.52. The van der Waals surface area contributed by atoms with Crippen LogP contribution in [0.3, 0.4) is 0 Å². The number of ether oxygens (including phenoxy) is 1. The Morgan fingerprint density at radius 3 is 3.10 bits per heavy atom. The van der Waals surface area contributed by atoms with E-state index in [-0.39, 0.29) is 0 Å². The van der Waals surface area contributed by atoms with E-state index in [2.05, 4.69) is 38.9 Å². The number of hydrogen-bond acceptors (Lipinski definition) is 3. The monoisotopic (exact) mass is 273 g/mol. The lowest BCUT2D eigenvalue weighted by molar-refractivity contribution is 0.114. The second-order valence-electron chi connectivity index (χ2n) is 5.57. The molecule has 108 valence electrons. The van der Waals surface area contributed by atoms with E-state index in [4.69, 9.17) is 4.74 Å². The molecule has 1 fully saturated rings. The fourth-order valence-corrected chi connectivity index (χ4v) is 3.20. The Kier molecular flexibility index (Phi) is 4.33. The first kappa shape index (κ1) is 13.6. The molecule has 0 saturated carbocycles. The number of rotatable bonds is 6. The van der Waals surface area contributed by atoms with Gasteiger partial charge in [0.1, 0.15) is 0 Å². The van der Waals surface area contributed by atoms with E-state index < -0.39 is 0 Å². The van der Waals surface area contributed by atoms with E-state index >= 15 is 0 Å². The topological polar surface area (TPSA) is 30.3 Å². The minimum absolute atomic E-state index is 0.620. The zero-order valence-electron chi connectivity index (χ0n) is 12.2. The maximum absolute atomic E-state index is 5.31. The summed E-state index contributed by atoms with van der Waals surface area (Å²) >= 11 is 0. The van der Waals surface area contributed by atoms with Gasteiger partial charge in [0.05, 0.1) is 18.3 Å². The molecule has 1 aromatic heterocycles. The lowest BCUT2D eigenvalue weighted by Gasteiger charge is -2.23. The Hall–Kier alpha value is -1.39. The molecule has 1 aliphatic rings. The molecule has 1 aliphatic heterocycles. The summed E-state index contributed by atoms with van der Waals surface area (Å²) in [4.78, 5) is 2.56. The molecular weight excluding hydrogens is 250 g/mol. The molecule has 0 amide bonds. The van der Waals surface area contributed by atoms with Gasteiger partial charge in [-0.3, -0.25) is 9.58 Å². The number of benzene rings is 1. The number of hydrogen-bond donors (Lipinski definition) is 0. The summed E-state index contributed by atoms with van der Waals surface area (Å²) in [5.74, 6) is 0. The van der Waals surface area contributed by atoms with Crippen molar-refractivity contribution in [3.63, 3.8) is 0 Å². The van der Waals surface area contributed by atoms with Crippen molar-refractivity contribution in [2.45, 2.75) is 31.8 Å². The number of para-hydroxylation sites is 1. The molecule has 0 radical (unpaired) electrons. The van der Waals surface area contributed by atoms with E-state index in [0.717, 1.165) is 26.1 Å². The third-order valence-corrected chi connectivity index (χ3v) is 4.22. The van der Waals surface area contributed by atoms with Gasteiger partial charge in [-0.05, 0) is 31.9 Å². The molecule has 0 N–H and O–H groups in total. The van der Waals surface area contributed by atoms with Gasteiger partial charge in [-0.15, -0.1) is 0 Å². The molecule has 1 unspecified atom stereocenters. The number of fused-ring (bicyclic) bond motifs is 1. The average Bonchev–Trinajstić information content (AvgIpc) is 3.07. The van der Waals surface area contributed by atoms with Crippen LogP contribution in [0.25, 0.3) is 10.9 Å². The summed E-state index contributed by atoms with van der Waals surface area (Å²) in [5.41, 5.74) is 1.24. The van der Waals surface area contributed by atoms with E-state index in [1.165, 1.54) is 30.3 Å². The zero-order chi connectivity index (χ0) is 13.8. The first-order valence-corrected chi connectivity index (χ1v) is 7.52. The van der Waals surface area contributed by atoms with E-state index in [0.29, 0.717) is 6.04 Å². The minimum atomic E-state index is 0.620. The van der Waals surface area contributed by atoms with Crippen LogP contribution in [0.5, 0.6) is 0 Å². The van der Waals surface area contributed by atoms with Crippen molar-refractivity contribution in [3.05, 3.63) is 30.5 Å². The molecule has 4 heteroatoms. The smallest absolute Gasteiger partial charge is 0.0682 e. The highest BCUT2D eigenvalue weighted by molar-refractivity contribution is 5.78. The summed E-state index contributed by atoms with van der Waals surface area (Å²) in [6, 6.07) is 9.03. The van der Waals surface area contributed by atoms with Gasteiger partial charge in [-0.25, -0.2) is 0 Å². The van der Waals surface area contributed by atoms with Crippen LogP contribution in [-0.4, -0.2) is 47.5 Å². The minimum Gasteiger partial charge on any atom is -0.383 e. The molecule has 1 saturated heterocycles. The van der Waals surface area contributed by atoms with Gasteiger partial charge in [0.2, 0.25) is 0 Å². The Morgan fingerprint density at radius 1 is 1.30 bits per heavy atom. The van der Waals surface area contributed by atoms with Crippen LogP contribution in [0.15, 0.2) is 30.5 Å². The normalized spacial score (nSPS) is 19.9. The molecule has 4 nitrogen and oxygen atoms in total. The fraction of sp³-hybridized carbons (Fsp3) is 0.562. The van der Waals surface area contributed by atoms with Gasteiger partial charge < -0.3 is 4.74 Å². The molecule has 20 heavy (non-hydrogen) atoms. The van der Waals surface area contributed by atoms with Crippen molar-refractivity contribution in [2.75, 3.05) is 26.8 Å². The molecule has 2 aromatic rings. The van der Waals surface area contributed by atoms with Gasteiger partial charge in [-0.1, -0.05) is 18.2 Å².